The van der Waals surface area contributed by atoms with Crippen molar-refractivity contribution in [3.8, 4) is 28.6 Å². The number of rotatable bonds is 10. The molecule has 1 saturated heterocycles. The highest BCUT2D eigenvalue weighted by Gasteiger charge is 2.24. The first-order valence-electron chi connectivity index (χ1n) is 15.2. The van der Waals surface area contributed by atoms with Crippen molar-refractivity contribution in [1.29, 1.82) is 0 Å². The second-order valence-electron chi connectivity index (χ2n) is 12.8. The predicted molar refractivity (Wildman–Crippen MR) is 170 cm³/mol. The van der Waals surface area contributed by atoms with Crippen LogP contribution in [0.4, 0.5) is 0 Å². The van der Waals surface area contributed by atoms with E-state index in [1.807, 2.05) is 56.1 Å². The number of hydrogen-bond acceptors (Lipinski definition) is 6. The fraction of sp³-hybridized carbons (Fsp3) is 0.469. The van der Waals surface area contributed by atoms with Crippen LogP contribution in [0.2, 0.25) is 19.1 Å². The van der Waals surface area contributed by atoms with Crippen LogP contribution >= 0.6 is 0 Å². The maximum absolute atomic E-state index is 12.9. The summed E-state index contributed by atoms with van der Waals surface area (Å²) in [5, 5.41) is 28.6. The molecule has 0 spiro atoms. The highest BCUT2D eigenvalue weighted by Crippen LogP contribution is 2.37. The summed E-state index contributed by atoms with van der Waals surface area (Å²) in [6.45, 7) is 10.2. The molecule has 4 aromatic rings. The molecule has 1 amide bonds. The number of aromatic nitrogens is 4. The molecule has 10 nitrogen and oxygen atoms in total. The molecule has 4 N–H and O–H groups in total. The number of hydrogen-bond donors (Lipinski definition) is 4. The van der Waals surface area contributed by atoms with Crippen LogP contribution in [0.15, 0.2) is 47.4 Å². The Labute approximate surface area is 252 Å². The largest absolute Gasteiger partial charge is 0.508 e. The Morgan fingerprint density at radius 1 is 1.09 bits per heavy atom. The number of aromatic hydroxyl groups is 2. The van der Waals surface area contributed by atoms with E-state index in [-0.39, 0.29) is 29.1 Å². The van der Waals surface area contributed by atoms with Gasteiger partial charge >= 0.3 is 5.69 Å². The average molecular weight is 606 g/mol. The summed E-state index contributed by atoms with van der Waals surface area (Å²) in [4.78, 5) is 37.5. The first-order chi connectivity index (χ1) is 20.4. The number of piperidine rings is 1. The lowest BCUT2D eigenvalue weighted by Crippen LogP contribution is -2.38. The fourth-order valence-electron chi connectivity index (χ4n) is 6.10. The SMILES string of the molecule is CC(C)c1cc(-c2n[nH]c(=O)n2-c2ccc3c(ccn3CCC3CCN(C(=O)CCC[Si](C)(C)O)CC3)c2)c(O)cc1O. The van der Waals surface area contributed by atoms with Gasteiger partial charge in [0, 0.05) is 49.2 Å². The summed E-state index contributed by atoms with van der Waals surface area (Å²) in [6, 6.07) is 11.6. The van der Waals surface area contributed by atoms with E-state index in [1.54, 1.807) is 6.07 Å². The topological polar surface area (TPSA) is 137 Å². The minimum Gasteiger partial charge on any atom is -0.508 e. The minimum atomic E-state index is -2.10. The number of carbonyl (C=O) groups excluding carboxylic acids is 1. The Hall–Kier alpha value is -3.83. The lowest BCUT2D eigenvalue weighted by Gasteiger charge is -2.32. The lowest BCUT2D eigenvalue weighted by atomic mass is 9.93. The number of amides is 1. The van der Waals surface area contributed by atoms with Crippen molar-refractivity contribution in [1.82, 2.24) is 24.2 Å². The smallest absolute Gasteiger partial charge is 0.348 e. The Balaban J connectivity index is 1.25. The number of aryl methyl sites for hydroxylation is 1. The van der Waals surface area contributed by atoms with Crippen molar-refractivity contribution >= 4 is 25.1 Å². The molecule has 1 aliphatic heterocycles. The maximum Gasteiger partial charge on any atom is 0.348 e. The van der Waals surface area contributed by atoms with E-state index in [0.717, 1.165) is 62.3 Å². The second kappa shape index (κ2) is 12.4. The lowest BCUT2D eigenvalue weighted by molar-refractivity contribution is -0.132. The summed E-state index contributed by atoms with van der Waals surface area (Å²) in [6.07, 6.45) is 6.40. The molecule has 0 bridgehead atoms. The predicted octanol–water partition coefficient (Wildman–Crippen LogP) is 5.32. The van der Waals surface area contributed by atoms with Gasteiger partial charge in [-0.25, -0.2) is 14.5 Å². The first-order valence-corrected chi connectivity index (χ1v) is 18.4. The number of nitrogens with one attached hydrogen (secondary N) is 1. The number of phenols is 2. The van der Waals surface area contributed by atoms with Gasteiger partial charge < -0.3 is 24.5 Å². The molecule has 2 aromatic heterocycles. The zero-order chi connectivity index (χ0) is 30.9. The van der Waals surface area contributed by atoms with Gasteiger partial charge in [-0.15, -0.1) is 0 Å². The average Bonchev–Trinajstić information content (AvgIpc) is 3.53. The van der Waals surface area contributed by atoms with E-state index >= 15 is 0 Å². The molecular formula is C32H43N5O5Si. The van der Waals surface area contributed by atoms with E-state index < -0.39 is 14.0 Å². The molecule has 5 rings (SSSR count). The molecule has 43 heavy (non-hydrogen) atoms. The van der Waals surface area contributed by atoms with Gasteiger partial charge in [0.15, 0.2) is 14.1 Å². The van der Waals surface area contributed by atoms with E-state index in [0.29, 0.717) is 29.2 Å². The van der Waals surface area contributed by atoms with Crippen LogP contribution in [0.3, 0.4) is 0 Å². The Morgan fingerprint density at radius 2 is 1.84 bits per heavy atom. The number of likely N-dealkylation sites (tertiary alicyclic amines) is 1. The number of phenolic OH excluding ortho intramolecular Hbond substituents is 2. The third kappa shape index (κ3) is 6.88. The molecule has 3 heterocycles. The van der Waals surface area contributed by atoms with Gasteiger partial charge in [-0.2, -0.15) is 5.10 Å². The zero-order valence-electron chi connectivity index (χ0n) is 25.5. The summed E-state index contributed by atoms with van der Waals surface area (Å²) < 4.78 is 3.67. The van der Waals surface area contributed by atoms with E-state index in [4.69, 9.17) is 0 Å². The molecule has 11 heteroatoms. The molecule has 0 saturated carbocycles. The van der Waals surface area contributed by atoms with Crippen LogP contribution in [0, 0.1) is 5.92 Å². The fourth-order valence-corrected chi connectivity index (χ4v) is 7.14. The molecule has 0 atom stereocenters. The van der Waals surface area contributed by atoms with E-state index in [2.05, 4.69) is 21.0 Å². The van der Waals surface area contributed by atoms with Gasteiger partial charge in [0.05, 0.1) is 11.3 Å². The number of H-pyrrole nitrogens is 1. The molecule has 0 radical (unpaired) electrons. The standard InChI is InChI=1S/C32H43N5O5Si/c1-21(2)25-19-26(29(39)20-28(25)38)31-33-34-32(41)37(31)24-7-8-27-23(18-24)12-16-35(27)13-9-22-10-14-36(15-11-22)30(40)6-5-17-43(3,4)42/h7-8,12,16,18-22,38-39,42H,5-6,9-11,13-15,17H2,1-4H3,(H,34,41). The quantitative estimate of drug-likeness (QED) is 0.181. The summed E-state index contributed by atoms with van der Waals surface area (Å²) in [5.41, 5.74) is 2.29. The van der Waals surface area contributed by atoms with Crippen LogP contribution in [-0.4, -0.2) is 66.6 Å². The number of nitrogens with zero attached hydrogens (tertiary/aromatic N) is 4. The number of carbonyl (C=O) groups is 1. The van der Waals surface area contributed by atoms with Crippen LogP contribution in [0.5, 0.6) is 11.5 Å². The molecule has 1 fully saturated rings. The highest BCUT2D eigenvalue weighted by molar-refractivity contribution is 6.69. The number of fused-ring (bicyclic) bond motifs is 1. The Kier molecular flexibility index (Phi) is 8.84. The number of aromatic amines is 1. The third-order valence-electron chi connectivity index (χ3n) is 8.62. The van der Waals surface area contributed by atoms with Crippen LogP contribution in [-0.2, 0) is 11.3 Å². The third-order valence-corrected chi connectivity index (χ3v) is 10.2. The summed E-state index contributed by atoms with van der Waals surface area (Å²) in [7, 11) is -2.10. The van der Waals surface area contributed by atoms with Crippen molar-refractivity contribution in [3.63, 3.8) is 0 Å². The second-order valence-corrected chi connectivity index (χ2v) is 16.9. The molecule has 230 valence electrons. The van der Waals surface area contributed by atoms with Gasteiger partial charge in [0.1, 0.15) is 11.5 Å². The highest BCUT2D eigenvalue weighted by atomic mass is 28.4. The van der Waals surface area contributed by atoms with Gasteiger partial charge in [0.2, 0.25) is 5.91 Å². The molecule has 0 aliphatic carbocycles. The van der Waals surface area contributed by atoms with Crippen molar-refractivity contribution in [2.24, 2.45) is 5.92 Å². The molecule has 0 unspecified atom stereocenters. The van der Waals surface area contributed by atoms with Crippen molar-refractivity contribution in [3.05, 3.63) is 58.6 Å². The normalized spacial score (nSPS) is 14.7. The van der Waals surface area contributed by atoms with Gasteiger partial charge in [-0.1, -0.05) is 13.8 Å². The molecule has 1 aliphatic rings. The Bertz CT molecular complexity index is 1660. The van der Waals surface area contributed by atoms with E-state index in [9.17, 15) is 24.6 Å². The van der Waals surface area contributed by atoms with Crippen LogP contribution in [0.1, 0.15) is 57.4 Å². The zero-order valence-corrected chi connectivity index (χ0v) is 26.5. The van der Waals surface area contributed by atoms with Crippen molar-refractivity contribution < 1.29 is 19.8 Å². The van der Waals surface area contributed by atoms with Gasteiger partial charge in [-0.3, -0.25) is 4.79 Å². The van der Waals surface area contributed by atoms with Crippen molar-refractivity contribution in [2.45, 2.75) is 77.6 Å². The van der Waals surface area contributed by atoms with Crippen molar-refractivity contribution in [2.75, 3.05) is 13.1 Å². The van der Waals surface area contributed by atoms with Gasteiger partial charge in [0.25, 0.3) is 0 Å². The monoisotopic (exact) mass is 605 g/mol. The summed E-state index contributed by atoms with van der Waals surface area (Å²) >= 11 is 0. The van der Waals surface area contributed by atoms with Gasteiger partial charge in [-0.05, 0) is 92.6 Å². The van der Waals surface area contributed by atoms with E-state index in [1.165, 1.54) is 10.6 Å². The van der Waals surface area contributed by atoms with Crippen LogP contribution in [0.25, 0.3) is 28.0 Å². The minimum absolute atomic E-state index is 0.00200. The molecular weight excluding hydrogens is 562 g/mol. The molecule has 2 aromatic carbocycles. The summed E-state index contributed by atoms with van der Waals surface area (Å²) in [5.74, 6) is 0.905. The maximum atomic E-state index is 12.9. The first kappa shape index (κ1) is 30.6. The van der Waals surface area contributed by atoms with Crippen LogP contribution < -0.4 is 5.69 Å². The Morgan fingerprint density at radius 3 is 2.53 bits per heavy atom. The number of benzene rings is 2.